The molecule has 2 aliphatic rings. The molecule has 0 radical (unpaired) electrons. The van der Waals surface area contributed by atoms with E-state index in [9.17, 15) is 5.11 Å². The third kappa shape index (κ3) is 3.13. The van der Waals surface area contributed by atoms with E-state index in [1.54, 1.807) is 0 Å². The summed E-state index contributed by atoms with van der Waals surface area (Å²) in [6.45, 7) is 8.71. The van der Waals surface area contributed by atoms with Gasteiger partial charge in [-0.05, 0) is 51.5 Å². The fraction of sp³-hybridized carbons (Fsp3) is 0.667. The Hall–Kier alpha value is -1.66. The SMILES string of the molecule is Cc1nc(NC2C[C@@H]3CN(CC(C)(C)O)C[C@@H]3C2)c2cc[nH]c2n1. The van der Waals surface area contributed by atoms with Gasteiger partial charge in [0.1, 0.15) is 17.3 Å². The maximum absolute atomic E-state index is 10.0. The number of aromatic nitrogens is 3. The van der Waals surface area contributed by atoms with Crippen LogP contribution in [0.1, 0.15) is 32.5 Å². The third-order valence-corrected chi connectivity index (χ3v) is 5.31. The summed E-state index contributed by atoms with van der Waals surface area (Å²) in [6, 6.07) is 2.52. The molecule has 1 unspecified atom stereocenters. The Kier molecular flexibility index (Phi) is 3.77. The van der Waals surface area contributed by atoms with Crippen LogP contribution in [0.5, 0.6) is 0 Å². The molecule has 1 aliphatic heterocycles. The molecule has 3 atom stereocenters. The van der Waals surface area contributed by atoms with E-state index in [0.29, 0.717) is 6.04 Å². The minimum atomic E-state index is -0.603. The average Bonchev–Trinajstić information content (AvgIpc) is 3.10. The molecule has 4 rings (SSSR count). The third-order valence-electron chi connectivity index (χ3n) is 5.31. The minimum Gasteiger partial charge on any atom is -0.389 e. The van der Waals surface area contributed by atoms with Gasteiger partial charge in [0.15, 0.2) is 0 Å². The summed E-state index contributed by atoms with van der Waals surface area (Å²) >= 11 is 0. The van der Waals surface area contributed by atoms with Crippen molar-refractivity contribution in [2.75, 3.05) is 25.0 Å². The number of hydrogen-bond acceptors (Lipinski definition) is 5. The second kappa shape index (κ2) is 5.70. The minimum absolute atomic E-state index is 0.483. The smallest absolute Gasteiger partial charge is 0.143 e. The molecule has 3 N–H and O–H groups in total. The topological polar surface area (TPSA) is 77.1 Å². The highest BCUT2D eigenvalue weighted by molar-refractivity contribution is 5.87. The Balaban J connectivity index is 1.41. The molecule has 0 aromatic carbocycles. The van der Waals surface area contributed by atoms with Crippen LogP contribution in [-0.4, -0.2) is 56.2 Å². The first-order valence-electron chi connectivity index (χ1n) is 8.90. The molecule has 1 saturated heterocycles. The Labute approximate surface area is 142 Å². The summed E-state index contributed by atoms with van der Waals surface area (Å²) < 4.78 is 0. The number of fused-ring (bicyclic) bond motifs is 2. The molecule has 2 aromatic heterocycles. The zero-order valence-corrected chi connectivity index (χ0v) is 14.7. The van der Waals surface area contributed by atoms with Crippen LogP contribution in [-0.2, 0) is 0 Å². The van der Waals surface area contributed by atoms with Gasteiger partial charge >= 0.3 is 0 Å². The monoisotopic (exact) mass is 329 g/mol. The highest BCUT2D eigenvalue weighted by Crippen LogP contribution is 2.40. The van der Waals surface area contributed by atoms with E-state index in [2.05, 4.69) is 25.2 Å². The van der Waals surface area contributed by atoms with Crippen molar-refractivity contribution in [3.8, 4) is 0 Å². The van der Waals surface area contributed by atoms with Gasteiger partial charge in [-0.3, -0.25) is 4.90 Å². The predicted octanol–water partition coefficient (Wildman–Crippen LogP) is 2.16. The summed E-state index contributed by atoms with van der Waals surface area (Å²) in [6.07, 6.45) is 4.28. The van der Waals surface area contributed by atoms with Crippen LogP contribution in [0.3, 0.4) is 0 Å². The van der Waals surface area contributed by atoms with E-state index in [-0.39, 0.29) is 0 Å². The molecular weight excluding hydrogens is 302 g/mol. The van der Waals surface area contributed by atoms with Crippen LogP contribution >= 0.6 is 0 Å². The van der Waals surface area contributed by atoms with E-state index in [0.717, 1.165) is 54.1 Å². The summed E-state index contributed by atoms with van der Waals surface area (Å²) in [5.74, 6) is 3.21. The van der Waals surface area contributed by atoms with Crippen molar-refractivity contribution in [3.63, 3.8) is 0 Å². The van der Waals surface area contributed by atoms with Crippen LogP contribution < -0.4 is 5.32 Å². The molecule has 0 amide bonds. The van der Waals surface area contributed by atoms with Gasteiger partial charge in [0.05, 0.1) is 11.0 Å². The van der Waals surface area contributed by atoms with E-state index >= 15 is 0 Å². The van der Waals surface area contributed by atoms with Crippen molar-refractivity contribution < 1.29 is 5.11 Å². The van der Waals surface area contributed by atoms with Crippen molar-refractivity contribution in [1.82, 2.24) is 19.9 Å². The Bertz CT molecular complexity index is 721. The van der Waals surface area contributed by atoms with Crippen molar-refractivity contribution in [2.45, 2.75) is 45.3 Å². The molecule has 130 valence electrons. The molecule has 0 bridgehead atoms. The summed E-state index contributed by atoms with van der Waals surface area (Å²) in [5, 5.41) is 14.8. The molecule has 2 fully saturated rings. The largest absolute Gasteiger partial charge is 0.389 e. The van der Waals surface area contributed by atoms with Gasteiger partial charge in [0.2, 0.25) is 0 Å². The van der Waals surface area contributed by atoms with Gasteiger partial charge in [-0.2, -0.15) is 0 Å². The number of rotatable bonds is 4. The molecule has 2 aromatic rings. The van der Waals surface area contributed by atoms with Gasteiger partial charge in [-0.15, -0.1) is 0 Å². The lowest BCUT2D eigenvalue weighted by molar-refractivity contribution is 0.0414. The summed E-state index contributed by atoms with van der Waals surface area (Å²) in [4.78, 5) is 14.6. The Morgan fingerprint density at radius 1 is 1.29 bits per heavy atom. The van der Waals surface area contributed by atoms with Crippen molar-refractivity contribution in [2.24, 2.45) is 11.8 Å². The first-order chi connectivity index (χ1) is 11.4. The van der Waals surface area contributed by atoms with Gasteiger partial charge in [0.25, 0.3) is 0 Å². The number of β-amino-alcohol motifs (C(OH)–C–C–N with tert-alkyl or cyclic N) is 1. The Morgan fingerprint density at radius 3 is 2.67 bits per heavy atom. The van der Waals surface area contributed by atoms with Gasteiger partial charge < -0.3 is 15.4 Å². The predicted molar refractivity (Wildman–Crippen MR) is 95.0 cm³/mol. The van der Waals surface area contributed by atoms with Gasteiger partial charge in [0, 0.05) is 31.9 Å². The van der Waals surface area contributed by atoms with Crippen LogP contribution in [0, 0.1) is 18.8 Å². The van der Waals surface area contributed by atoms with Crippen LogP contribution in [0.25, 0.3) is 11.0 Å². The zero-order chi connectivity index (χ0) is 16.9. The lowest BCUT2D eigenvalue weighted by Gasteiger charge is -2.26. The second-order valence-corrected chi connectivity index (χ2v) is 8.20. The molecular formula is C18H27N5O. The first kappa shape index (κ1) is 15.8. The standard InChI is InChI=1S/C18H27N5O/c1-11-20-16-15(4-5-19-16)17(21-11)22-14-6-12-8-23(9-13(12)7-14)10-18(2,3)24/h4-5,12-14,24H,6-10H2,1-3H3,(H2,19,20,21,22)/t12-,13+,14?. The summed E-state index contributed by atoms with van der Waals surface area (Å²) in [7, 11) is 0. The lowest BCUT2D eigenvalue weighted by Crippen LogP contribution is -2.38. The van der Waals surface area contributed by atoms with E-state index in [1.165, 1.54) is 12.8 Å². The molecule has 1 aliphatic carbocycles. The van der Waals surface area contributed by atoms with Gasteiger partial charge in [-0.1, -0.05) is 0 Å². The second-order valence-electron chi connectivity index (χ2n) is 8.20. The normalized spacial score (nSPS) is 27.8. The molecule has 1 saturated carbocycles. The zero-order valence-electron chi connectivity index (χ0n) is 14.7. The average molecular weight is 329 g/mol. The quantitative estimate of drug-likeness (QED) is 0.801. The number of likely N-dealkylation sites (tertiary alicyclic amines) is 1. The van der Waals surface area contributed by atoms with Crippen molar-refractivity contribution in [1.29, 1.82) is 0 Å². The number of H-pyrrole nitrogens is 1. The van der Waals surface area contributed by atoms with E-state index in [4.69, 9.17) is 0 Å². The van der Waals surface area contributed by atoms with E-state index < -0.39 is 5.60 Å². The number of aromatic amines is 1. The van der Waals surface area contributed by atoms with Crippen LogP contribution in [0.4, 0.5) is 5.82 Å². The summed E-state index contributed by atoms with van der Waals surface area (Å²) in [5.41, 5.74) is 0.300. The molecule has 6 nitrogen and oxygen atoms in total. The number of nitrogens with one attached hydrogen (secondary N) is 2. The number of anilines is 1. The maximum atomic E-state index is 10.0. The first-order valence-corrected chi connectivity index (χ1v) is 8.90. The van der Waals surface area contributed by atoms with Gasteiger partial charge in [-0.25, -0.2) is 9.97 Å². The fourth-order valence-corrected chi connectivity index (χ4v) is 4.55. The van der Waals surface area contributed by atoms with Crippen LogP contribution in [0.2, 0.25) is 0 Å². The van der Waals surface area contributed by atoms with E-state index in [1.807, 2.05) is 33.0 Å². The van der Waals surface area contributed by atoms with Crippen molar-refractivity contribution >= 4 is 16.9 Å². The number of aryl methyl sites for hydroxylation is 1. The molecule has 3 heterocycles. The van der Waals surface area contributed by atoms with Crippen LogP contribution in [0.15, 0.2) is 12.3 Å². The number of nitrogens with zero attached hydrogens (tertiary/aromatic N) is 3. The van der Waals surface area contributed by atoms with Crippen molar-refractivity contribution in [3.05, 3.63) is 18.1 Å². The lowest BCUT2D eigenvalue weighted by atomic mass is 10.0. The fourth-order valence-electron chi connectivity index (χ4n) is 4.55. The molecule has 6 heteroatoms. The highest BCUT2D eigenvalue weighted by Gasteiger charge is 2.41. The molecule has 0 spiro atoms. The number of hydrogen-bond donors (Lipinski definition) is 3. The maximum Gasteiger partial charge on any atom is 0.143 e. The Morgan fingerprint density at radius 2 is 2.00 bits per heavy atom. The molecule has 24 heavy (non-hydrogen) atoms. The highest BCUT2D eigenvalue weighted by atomic mass is 16.3. The number of aliphatic hydroxyl groups is 1.